The van der Waals surface area contributed by atoms with Gasteiger partial charge >= 0.3 is 0 Å². The van der Waals surface area contributed by atoms with Crippen LogP contribution in [0.5, 0.6) is 0 Å². The lowest BCUT2D eigenvalue weighted by Gasteiger charge is -2.34. The summed E-state index contributed by atoms with van der Waals surface area (Å²) >= 11 is 0. The van der Waals surface area contributed by atoms with Gasteiger partial charge in [-0.25, -0.2) is 0 Å². The van der Waals surface area contributed by atoms with Crippen LogP contribution in [0.2, 0.25) is 0 Å². The minimum absolute atomic E-state index is 0.00231. The maximum atomic E-state index is 12.9. The maximum absolute atomic E-state index is 12.9. The van der Waals surface area contributed by atoms with E-state index in [0.29, 0.717) is 18.5 Å². The molecule has 4 heteroatoms. The molecule has 1 aliphatic rings. The zero-order valence-electron chi connectivity index (χ0n) is 14.4. The van der Waals surface area contributed by atoms with Crippen molar-refractivity contribution in [3.8, 4) is 11.1 Å². The lowest BCUT2D eigenvalue weighted by Crippen LogP contribution is -2.45. The second-order valence-electron chi connectivity index (χ2n) is 6.58. The molecule has 2 N–H and O–H groups in total. The zero-order chi connectivity index (χ0) is 17.6. The van der Waals surface area contributed by atoms with Gasteiger partial charge in [0.05, 0.1) is 12.6 Å². The predicted molar refractivity (Wildman–Crippen MR) is 98.4 cm³/mol. The van der Waals surface area contributed by atoms with E-state index >= 15 is 0 Å². The molecule has 0 radical (unpaired) electrons. The number of nitrogens with zero attached hydrogens (tertiary/aromatic N) is 1. The first-order valence-corrected chi connectivity index (χ1v) is 8.95. The summed E-state index contributed by atoms with van der Waals surface area (Å²) in [4.78, 5) is 14.7. The number of likely N-dealkylation sites (tertiary alicyclic amines) is 1. The van der Waals surface area contributed by atoms with Crippen molar-refractivity contribution >= 4 is 5.91 Å². The fourth-order valence-electron chi connectivity index (χ4n) is 3.45. The molecule has 1 aliphatic heterocycles. The average Bonchev–Trinajstić information content (AvgIpc) is 2.68. The van der Waals surface area contributed by atoms with Crippen molar-refractivity contribution in [3.05, 3.63) is 59.7 Å². The maximum Gasteiger partial charge on any atom is 0.254 e. The molecule has 1 amide bonds. The first-order valence-electron chi connectivity index (χ1n) is 8.95. The van der Waals surface area contributed by atoms with Crippen molar-refractivity contribution in [3.63, 3.8) is 0 Å². The Morgan fingerprint density at radius 1 is 1.04 bits per heavy atom. The Hall–Kier alpha value is -2.17. The van der Waals surface area contributed by atoms with Crippen LogP contribution in [0.4, 0.5) is 0 Å². The standard InChI is InChI=1S/C21H25NO3/c23-13-11-16-7-9-17(10-8-16)18-4-3-5-19(14-18)21(25)22-12-2-1-6-20(22)15-24/h3-5,7-10,14,20,23-24H,1-2,6,11-13,15H2/t20-/m1/s1. The third-order valence-electron chi connectivity index (χ3n) is 4.90. The number of hydrogen-bond acceptors (Lipinski definition) is 3. The summed E-state index contributed by atoms with van der Waals surface area (Å²) < 4.78 is 0. The van der Waals surface area contributed by atoms with Gasteiger partial charge in [-0.1, -0.05) is 36.4 Å². The third-order valence-corrected chi connectivity index (χ3v) is 4.90. The Bertz CT molecular complexity index is 711. The summed E-state index contributed by atoms with van der Waals surface area (Å²) in [6.45, 7) is 0.882. The van der Waals surface area contributed by atoms with Crippen molar-refractivity contribution in [2.24, 2.45) is 0 Å². The van der Waals surface area contributed by atoms with Gasteiger partial charge in [0.2, 0.25) is 0 Å². The first kappa shape index (κ1) is 17.6. The van der Waals surface area contributed by atoms with Crippen LogP contribution in [-0.2, 0) is 6.42 Å². The molecule has 2 aromatic carbocycles. The molecule has 1 heterocycles. The minimum atomic E-state index is -0.0670. The molecule has 1 saturated heterocycles. The molecule has 4 nitrogen and oxygen atoms in total. The smallest absolute Gasteiger partial charge is 0.254 e. The number of aliphatic hydroxyl groups is 2. The highest BCUT2D eigenvalue weighted by molar-refractivity contribution is 5.95. The number of benzene rings is 2. The van der Waals surface area contributed by atoms with Crippen molar-refractivity contribution in [2.75, 3.05) is 19.8 Å². The fourth-order valence-corrected chi connectivity index (χ4v) is 3.45. The summed E-state index contributed by atoms with van der Waals surface area (Å²) in [6, 6.07) is 15.7. The van der Waals surface area contributed by atoms with Crippen LogP contribution in [0.15, 0.2) is 48.5 Å². The van der Waals surface area contributed by atoms with Crippen LogP contribution < -0.4 is 0 Å². The van der Waals surface area contributed by atoms with E-state index in [1.165, 1.54) is 0 Å². The summed E-state index contributed by atoms with van der Waals surface area (Å²) in [5, 5.41) is 18.6. The Balaban J connectivity index is 1.82. The molecule has 0 aromatic heterocycles. The lowest BCUT2D eigenvalue weighted by molar-refractivity contribution is 0.0503. The number of amides is 1. The molecular formula is C21H25NO3. The minimum Gasteiger partial charge on any atom is -0.396 e. The fraction of sp³-hybridized carbons (Fsp3) is 0.381. The molecule has 0 saturated carbocycles. The van der Waals surface area contributed by atoms with Crippen LogP contribution >= 0.6 is 0 Å². The second kappa shape index (κ2) is 8.28. The number of rotatable bonds is 5. The van der Waals surface area contributed by atoms with Crippen LogP contribution in [0.1, 0.15) is 35.2 Å². The molecule has 0 spiro atoms. The van der Waals surface area contributed by atoms with Gasteiger partial charge < -0.3 is 15.1 Å². The molecule has 1 fully saturated rings. The molecule has 0 bridgehead atoms. The quantitative estimate of drug-likeness (QED) is 0.880. The van der Waals surface area contributed by atoms with Gasteiger partial charge in [0.1, 0.15) is 0 Å². The first-order chi connectivity index (χ1) is 12.2. The monoisotopic (exact) mass is 339 g/mol. The van der Waals surface area contributed by atoms with Gasteiger partial charge in [-0.15, -0.1) is 0 Å². The van der Waals surface area contributed by atoms with E-state index in [-0.39, 0.29) is 25.2 Å². The van der Waals surface area contributed by atoms with Crippen molar-refractivity contribution in [1.82, 2.24) is 4.90 Å². The highest BCUT2D eigenvalue weighted by Crippen LogP contribution is 2.24. The molecule has 0 aliphatic carbocycles. The van der Waals surface area contributed by atoms with Gasteiger partial charge in [0, 0.05) is 18.7 Å². The van der Waals surface area contributed by atoms with E-state index < -0.39 is 0 Å². The Morgan fingerprint density at radius 3 is 2.56 bits per heavy atom. The average molecular weight is 339 g/mol. The largest absolute Gasteiger partial charge is 0.396 e. The van der Waals surface area contributed by atoms with Crippen molar-refractivity contribution in [1.29, 1.82) is 0 Å². The van der Waals surface area contributed by atoms with Crippen molar-refractivity contribution < 1.29 is 15.0 Å². The SMILES string of the molecule is O=C(c1cccc(-c2ccc(CCO)cc2)c1)N1CCCC[C@@H]1CO. The Kier molecular flexibility index (Phi) is 5.84. The molecule has 0 unspecified atom stereocenters. The highest BCUT2D eigenvalue weighted by Gasteiger charge is 2.26. The molecular weight excluding hydrogens is 314 g/mol. The van der Waals surface area contributed by atoms with E-state index in [2.05, 4.69) is 0 Å². The van der Waals surface area contributed by atoms with Gasteiger partial charge in [-0.05, 0) is 54.5 Å². The van der Waals surface area contributed by atoms with Crippen LogP contribution in [0, 0.1) is 0 Å². The zero-order valence-corrected chi connectivity index (χ0v) is 14.4. The Morgan fingerprint density at radius 2 is 1.84 bits per heavy atom. The molecule has 1 atom stereocenters. The lowest BCUT2D eigenvalue weighted by atomic mass is 9.98. The summed E-state index contributed by atoms with van der Waals surface area (Å²) in [6.07, 6.45) is 3.58. The summed E-state index contributed by atoms with van der Waals surface area (Å²) in [5.41, 5.74) is 3.81. The van der Waals surface area contributed by atoms with E-state index in [9.17, 15) is 9.90 Å². The van der Waals surface area contributed by atoms with Gasteiger partial charge in [0.15, 0.2) is 0 Å². The normalized spacial score (nSPS) is 17.5. The molecule has 132 valence electrons. The molecule has 2 aromatic rings. The van der Waals surface area contributed by atoms with Gasteiger partial charge in [-0.2, -0.15) is 0 Å². The number of carbonyl (C=O) groups is 1. The van der Waals surface area contributed by atoms with Gasteiger partial charge in [-0.3, -0.25) is 4.79 Å². The van der Waals surface area contributed by atoms with E-state index in [1.807, 2.05) is 53.4 Å². The molecule has 25 heavy (non-hydrogen) atoms. The number of hydrogen-bond donors (Lipinski definition) is 2. The molecule has 3 rings (SSSR count). The Labute approximate surface area is 148 Å². The second-order valence-corrected chi connectivity index (χ2v) is 6.58. The third kappa shape index (κ3) is 4.09. The summed E-state index contributed by atoms with van der Waals surface area (Å²) in [5.74, 6) is -0.00231. The van der Waals surface area contributed by atoms with Crippen LogP contribution in [-0.4, -0.2) is 46.8 Å². The van der Waals surface area contributed by atoms with E-state index in [1.54, 1.807) is 0 Å². The number of carbonyl (C=O) groups excluding carboxylic acids is 1. The van der Waals surface area contributed by atoms with Gasteiger partial charge in [0.25, 0.3) is 5.91 Å². The number of aliphatic hydroxyl groups excluding tert-OH is 2. The predicted octanol–water partition coefficient (Wildman–Crippen LogP) is 2.88. The summed E-state index contributed by atoms with van der Waals surface area (Å²) in [7, 11) is 0. The van der Waals surface area contributed by atoms with E-state index in [4.69, 9.17) is 5.11 Å². The van der Waals surface area contributed by atoms with E-state index in [0.717, 1.165) is 36.0 Å². The van der Waals surface area contributed by atoms with Crippen LogP contribution in [0.3, 0.4) is 0 Å². The van der Waals surface area contributed by atoms with Crippen LogP contribution in [0.25, 0.3) is 11.1 Å². The van der Waals surface area contributed by atoms with Crippen molar-refractivity contribution in [2.45, 2.75) is 31.7 Å². The topological polar surface area (TPSA) is 60.8 Å². The highest BCUT2D eigenvalue weighted by atomic mass is 16.3. The number of piperidine rings is 1.